The Hall–Kier alpha value is -1.32. The Bertz CT molecular complexity index is 339. The van der Waals surface area contributed by atoms with Crippen LogP contribution in [0, 0.1) is 5.92 Å². The molecule has 0 radical (unpaired) electrons. The molecule has 0 bridgehead atoms. The molecule has 4 heteroatoms. The topological polar surface area (TPSA) is 63.3 Å². The number of hydrogen-bond acceptors (Lipinski definition) is 3. The molecule has 0 aliphatic heterocycles. The van der Waals surface area contributed by atoms with Crippen molar-refractivity contribution in [1.29, 1.82) is 0 Å². The molecule has 0 amide bonds. The van der Waals surface area contributed by atoms with Gasteiger partial charge in [0.1, 0.15) is 12.2 Å². The van der Waals surface area contributed by atoms with E-state index in [2.05, 4.69) is 11.9 Å². The van der Waals surface area contributed by atoms with Crippen LogP contribution in [0.4, 0.5) is 0 Å². The van der Waals surface area contributed by atoms with Crippen LogP contribution in [0.3, 0.4) is 0 Å². The Kier molecular flexibility index (Phi) is 2.27. The van der Waals surface area contributed by atoms with E-state index in [0.717, 1.165) is 18.8 Å². The van der Waals surface area contributed by atoms with E-state index in [9.17, 15) is 4.79 Å². The molecule has 14 heavy (non-hydrogen) atoms. The smallest absolute Gasteiger partial charge is 0.311 e. The first-order valence-electron chi connectivity index (χ1n) is 4.81. The zero-order valence-electron chi connectivity index (χ0n) is 8.06. The van der Waals surface area contributed by atoms with Crippen LogP contribution >= 0.6 is 0 Å². The first-order chi connectivity index (χ1) is 6.65. The van der Waals surface area contributed by atoms with Crippen LogP contribution < -0.4 is 0 Å². The van der Waals surface area contributed by atoms with Crippen LogP contribution in [0.1, 0.15) is 37.3 Å². The maximum Gasteiger partial charge on any atom is 0.311 e. The van der Waals surface area contributed by atoms with Gasteiger partial charge in [0.25, 0.3) is 0 Å². The van der Waals surface area contributed by atoms with Gasteiger partial charge in [-0.3, -0.25) is 4.79 Å². The van der Waals surface area contributed by atoms with Crippen molar-refractivity contribution in [3.05, 3.63) is 17.8 Å². The number of oxazole rings is 1. The van der Waals surface area contributed by atoms with Gasteiger partial charge in [-0.25, -0.2) is 4.98 Å². The van der Waals surface area contributed by atoms with Crippen molar-refractivity contribution in [1.82, 2.24) is 4.98 Å². The maximum absolute atomic E-state index is 10.4. The lowest BCUT2D eigenvalue weighted by Gasteiger charge is -2.29. The van der Waals surface area contributed by atoms with Crippen molar-refractivity contribution in [2.75, 3.05) is 0 Å². The van der Waals surface area contributed by atoms with E-state index in [4.69, 9.17) is 9.52 Å². The number of carboxylic acids is 1. The average molecular weight is 195 g/mol. The van der Waals surface area contributed by atoms with Crippen LogP contribution in [0.15, 0.2) is 10.6 Å². The molecule has 1 heterocycles. The van der Waals surface area contributed by atoms with Crippen molar-refractivity contribution in [3.8, 4) is 0 Å². The molecular weight excluding hydrogens is 182 g/mol. The minimum atomic E-state index is -0.880. The van der Waals surface area contributed by atoms with Crippen molar-refractivity contribution >= 4 is 5.97 Å². The number of rotatable bonds is 3. The second kappa shape index (κ2) is 3.44. The molecule has 1 saturated carbocycles. The highest BCUT2D eigenvalue weighted by Crippen LogP contribution is 2.40. The van der Waals surface area contributed by atoms with Gasteiger partial charge in [-0.15, -0.1) is 0 Å². The Morgan fingerprint density at radius 1 is 1.71 bits per heavy atom. The standard InChI is InChI=1S/C10H13NO3/c1-6-2-7(3-6)10-11-5-8(14-10)4-9(12)13/h5-7H,2-4H2,1H3,(H,12,13). The van der Waals surface area contributed by atoms with Gasteiger partial charge in [-0.2, -0.15) is 0 Å². The molecule has 2 rings (SSSR count). The van der Waals surface area contributed by atoms with Gasteiger partial charge >= 0.3 is 5.97 Å². The van der Waals surface area contributed by atoms with Gasteiger partial charge in [0.05, 0.1) is 6.20 Å². The van der Waals surface area contributed by atoms with Gasteiger partial charge < -0.3 is 9.52 Å². The molecule has 1 fully saturated rings. The molecule has 1 aromatic rings. The highest BCUT2D eigenvalue weighted by atomic mass is 16.4. The number of nitrogens with zero attached hydrogens (tertiary/aromatic N) is 1. The lowest BCUT2D eigenvalue weighted by Crippen LogP contribution is -2.18. The Balaban J connectivity index is 1.99. The molecule has 0 spiro atoms. The summed E-state index contributed by atoms with van der Waals surface area (Å²) in [7, 11) is 0. The lowest BCUT2D eigenvalue weighted by molar-refractivity contribution is -0.136. The number of hydrogen-bond donors (Lipinski definition) is 1. The van der Waals surface area contributed by atoms with Gasteiger partial charge in [0, 0.05) is 5.92 Å². The average Bonchev–Trinajstić information content (AvgIpc) is 2.46. The number of aliphatic carboxylic acids is 1. The summed E-state index contributed by atoms with van der Waals surface area (Å²) in [5.74, 6) is 1.43. The highest BCUT2D eigenvalue weighted by molar-refractivity contribution is 5.69. The fourth-order valence-corrected chi connectivity index (χ4v) is 1.85. The van der Waals surface area contributed by atoms with E-state index in [1.165, 1.54) is 6.20 Å². The molecular formula is C10H13NO3. The Morgan fingerprint density at radius 2 is 2.43 bits per heavy atom. The first kappa shape index (κ1) is 9.24. The van der Waals surface area contributed by atoms with E-state index in [0.29, 0.717) is 17.6 Å². The third-order valence-corrected chi connectivity index (χ3v) is 2.62. The van der Waals surface area contributed by atoms with Crippen molar-refractivity contribution < 1.29 is 14.3 Å². The van der Waals surface area contributed by atoms with E-state index in [1.807, 2.05) is 0 Å². The summed E-state index contributed by atoms with van der Waals surface area (Å²) in [6.45, 7) is 2.19. The first-order valence-corrected chi connectivity index (χ1v) is 4.81. The normalized spacial score (nSPS) is 25.8. The lowest BCUT2D eigenvalue weighted by atomic mass is 9.76. The third-order valence-electron chi connectivity index (χ3n) is 2.62. The van der Waals surface area contributed by atoms with Gasteiger partial charge in [-0.05, 0) is 18.8 Å². The van der Waals surface area contributed by atoms with E-state index < -0.39 is 5.97 Å². The molecule has 1 N–H and O–H groups in total. The fraction of sp³-hybridized carbons (Fsp3) is 0.600. The van der Waals surface area contributed by atoms with Crippen molar-refractivity contribution in [2.45, 2.75) is 32.1 Å². The molecule has 76 valence electrons. The van der Waals surface area contributed by atoms with E-state index >= 15 is 0 Å². The fourth-order valence-electron chi connectivity index (χ4n) is 1.85. The molecule has 1 aromatic heterocycles. The maximum atomic E-state index is 10.4. The molecule has 0 saturated heterocycles. The highest BCUT2D eigenvalue weighted by Gasteiger charge is 2.30. The Morgan fingerprint density at radius 3 is 3.00 bits per heavy atom. The SMILES string of the molecule is CC1CC(c2ncc(CC(=O)O)o2)C1. The van der Waals surface area contributed by atoms with Crippen molar-refractivity contribution in [2.24, 2.45) is 5.92 Å². The second-order valence-corrected chi connectivity index (χ2v) is 4.01. The van der Waals surface area contributed by atoms with Gasteiger partial charge in [-0.1, -0.05) is 6.92 Å². The van der Waals surface area contributed by atoms with Crippen LogP contribution in [0.2, 0.25) is 0 Å². The zero-order valence-corrected chi connectivity index (χ0v) is 8.06. The molecule has 0 unspecified atom stereocenters. The monoisotopic (exact) mass is 195 g/mol. The van der Waals surface area contributed by atoms with Crippen LogP contribution in [0.25, 0.3) is 0 Å². The predicted octanol–water partition coefficient (Wildman–Crippen LogP) is 1.82. The Labute approximate surface area is 81.9 Å². The molecule has 1 aliphatic rings. The number of aromatic nitrogens is 1. The van der Waals surface area contributed by atoms with Gasteiger partial charge in [0.15, 0.2) is 5.89 Å². The quantitative estimate of drug-likeness (QED) is 0.798. The number of carbonyl (C=O) groups is 1. The predicted molar refractivity (Wildman–Crippen MR) is 49.0 cm³/mol. The number of carboxylic acid groups (broad SMARTS) is 1. The summed E-state index contributed by atoms with van der Waals surface area (Å²) >= 11 is 0. The van der Waals surface area contributed by atoms with E-state index in [1.54, 1.807) is 0 Å². The summed E-state index contributed by atoms with van der Waals surface area (Å²) in [6, 6.07) is 0. The summed E-state index contributed by atoms with van der Waals surface area (Å²) < 4.78 is 5.35. The summed E-state index contributed by atoms with van der Waals surface area (Å²) in [4.78, 5) is 14.5. The largest absolute Gasteiger partial charge is 0.481 e. The van der Waals surface area contributed by atoms with Crippen molar-refractivity contribution in [3.63, 3.8) is 0 Å². The molecule has 0 aromatic carbocycles. The zero-order chi connectivity index (χ0) is 10.1. The molecule has 4 nitrogen and oxygen atoms in total. The minimum Gasteiger partial charge on any atom is -0.481 e. The van der Waals surface area contributed by atoms with Gasteiger partial charge in [0.2, 0.25) is 0 Å². The van der Waals surface area contributed by atoms with Crippen LogP contribution in [0.5, 0.6) is 0 Å². The molecule has 1 aliphatic carbocycles. The third kappa shape index (κ3) is 1.78. The minimum absolute atomic E-state index is 0.0741. The summed E-state index contributed by atoms with van der Waals surface area (Å²) in [5.41, 5.74) is 0. The molecule has 0 atom stereocenters. The van der Waals surface area contributed by atoms with Crippen LogP contribution in [-0.4, -0.2) is 16.1 Å². The summed E-state index contributed by atoms with van der Waals surface area (Å²) in [6.07, 6.45) is 3.65. The second-order valence-electron chi connectivity index (χ2n) is 4.01. The van der Waals surface area contributed by atoms with E-state index in [-0.39, 0.29) is 6.42 Å². The van der Waals surface area contributed by atoms with Crippen LogP contribution in [-0.2, 0) is 11.2 Å². The summed E-state index contributed by atoms with van der Waals surface area (Å²) in [5, 5.41) is 8.54.